The highest BCUT2D eigenvalue weighted by Crippen LogP contribution is 2.33. The van der Waals surface area contributed by atoms with Crippen LogP contribution < -0.4 is 5.32 Å². The maximum Gasteiger partial charge on any atom is 0.148 e. The molecule has 5 heteroatoms. The van der Waals surface area contributed by atoms with Crippen molar-refractivity contribution in [2.24, 2.45) is 0 Å². The second kappa shape index (κ2) is 6.97. The van der Waals surface area contributed by atoms with Crippen molar-refractivity contribution < 1.29 is 5.11 Å². The van der Waals surface area contributed by atoms with E-state index in [1.54, 1.807) is 0 Å². The number of hydrogen-bond acceptors (Lipinski definition) is 4. The van der Waals surface area contributed by atoms with Crippen molar-refractivity contribution in [3.8, 4) is 0 Å². The first-order chi connectivity index (χ1) is 11.1. The second-order valence-corrected chi connectivity index (χ2v) is 6.64. The van der Waals surface area contributed by atoms with Gasteiger partial charge in [-0.05, 0) is 52.7 Å². The lowest BCUT2D eigenvalue weighted by molar-refractivity contribution is 0.135. The molecule has 0 fully saturated rings. The maximum absolute atomic E-state index is 10.5. The third kappa shape index (κ3) is 3.26. The molecule has 3 rings (SSSR count). The molecule has 0 amide bonds. The summed E-state index contributed by atoms with van der Waals surface area (Å²) in [5.74, 6) is 0.785. The van der Waals surface area contributed by atoms with Crippen LogP contribution in [0.1, 0.15) is 48.8 Å². The number of nitrogens with one attached hydrogen (secondary N) is 1. The van der Waals surface area contributed by atoms with Gasteiger partial charge in [0.2, 0.25) is 0 Å². The molecule has 0 saturated carbocycles. The molecule has 0 bridgehead atoms. The van der Waals surface area contributed by atoms with E-state index in [0.29, 0.717) is 0 Å². The average molecular weight is 376 g/mol. The van der Waals surface area contributed by atoms with E-state index >= 15 is 0 Å². The molecule has 0 saturated heterocycles. The molecule has 122 valence electrons. The highest BCUT2D eigenvalue weighted by Gasteiger charge is 2.29. The fraction of sp³-hybridized carbons (Fsp3) is 0.444. The van der Waals surface area contributed by atoms with E-state index in [9.17, 15) is 5.11 Å². The SMILES string of the molecule is CCc1nc(N[C@H]2c3ccccc3CC[C@@H]2O)c(CC)nc1Br. The van der Waals surface area contributed by atoms with Crippen molar-refractivity contribution in [1.82, 2.24) is 9.97 Å². The van der Waals surface area contributed by atoms with Gasteiger partial charge in [0.25, 0.3) is 0 Å². The van der Waals surface area contributed by atoms with Crippen LogP contribution in [0.15, 0.2) is 28.9 Å². The zero-order chi connectivity index (χ0) is 16.4. The highest BCUT2D eigenvalue weighted by atomic mass is 79.9. The Kier molecular flexibility index (Phi) is 4.97. The molecule has 0 unspecified atom stereocenters. The van der Waals surface area contributed by atoms with E-state index in [0.717, 1.165) is 53.1 Å². The van der Waals surface area contributed by atoms with Gasteiger partial charge in [-0.25, -0.2) is 9.97 Å². The molecule has 1 aliphatic carbocycles. The number of aromatic nitrogens is 2. The normalized spacial score (nSPS) is 20.2. The number of nitrogens with zero attached hydrogens (tertiary/aromatic N) is 2. The van der Waals surface area contributed by atoms with Crippen LogP contribution >= 0.6 is 15.9 Å². The zero-order valence-corrected chi connectivity index (χ0v) is 15.1. The Balaban J connectivity index is 1.98. The summed E-state index contributed by atoms with van der Waals surface area (Å²) >= 11 is 3.49. The lowest BCUT2D eigenvalue weighted by Gasteiger charge is -2.32. The molecule has 0 spiro atoms. The van der Waals surface area contributed by atoms with Crippen LogP contribution in [0.25, 0.3) is 0 Å². The van der Waals surface area contributed by atoms with Gasteiger partial charge in [-0.3, -0.25) is 0 Å². The molecule has 4 nitrogen and oxygen atoms in total. The largest absolute Gasteiger partial charge is 0.391 e. The molecule has 1 aliphatic rings. The Hall–Kier alpha value is -1.46. The van der Waals surface area contributed by atoms with Crippen molar-refractivity contribution in [3.63, 3.8) is 0 Å². The Morgan fingerprint density at radius 2 is 1.91 bits per heavy atom. The number of aliphatic hydroxyl groups excluding tert-OH is 1. The smallest absolute Gasteiger partial charge is 0.148 e. The summed E-state index contributed by atoms with van der Waals surface area (Å²) in [6, 6.07) is 8.18. The van der Waals surface area contributed by atoms with Gasteiger partial charge in [-0.1, -0.05) is 38.1 Å². The number of halogens is 1. The molecule has 1 heterocycles. The van der Waals surface area contributed by atoms with Crippen LogP contribution in [0.3, 0.4) is 0 Å². The lowest BCUT2D eigenvalue weighted by Crippen LogP contribution is -2.31. The molecular formula is C18H22BrN3O. The zero-order valence-electron chi connectivity index (χ0n) is 13.5. The second-order valence-electron chi connectivity index (χ2n) is 5.89. The lowest BCUT2D eigenvalue weighted by atomic mass is 9.85. The van der Waals surface area contributed by atoms with E-state index in [1.165, 1.54) is 5.56 Å². The monoisotopic (exact) mass is 375 g/mol. The van der Waals surface area contributed by atoms with Crippen molar-refractivity contribution >= 4 is 21.7 Å². The minimum absolute atomic E-state index is 0.134. The topological polar surface area (TPSA) is 58.0 Å². The summed E-state index contributed by atoms with van der Waals surface area (Å²) in [4.78, 5) is 9.35. The maximum atomic E-state index is 10.5. The van der Waals surface area contributed by atoms with Gasteiger partial charge in [0.1, 0.15) is 10.4 Å². The van der Waals surface area contributed by atoms with Gasteiger partial charge in [0, 0.05) is 0 Å². The first kappa shape index (κ1) is 16.4. The van der Waals surface area contributed by atoms with Crippen LogP contribution in [0.5, 0.6) is 0 Å². The number of hydrogen-bond donors (Lipinski definition) is 2. The first-order valence-corrected chi connectivity index (χ1v) is 9.01. The molecule has 23 heavy (non-hydrogen) atoms. The Morgan fingerprint density at radius 1 is 1.17 bits per heavy atom. The van der Waals surface area contributed by atoms with Crippen molar-refractivity contribution in [2.45, 2.75) is 51.7 Å². The fourth-order valence-corrected chi connectivity index (χ4v) is 3.72. The molecular weight excluding hydrogens is 354 g/mol. The Labute approximate surface area is 145 Å². The fourth-order valence-electron chi connectivity index (χ4n) is 3.13. The number of anilines is 1. The molecule has 2 aromatic rings. The number of aliphatic hydroxyl groups is 1. The summed E-state index contributed by atoms with van der Waals surface area (Å²) in [7, 11) is 0. The van der Waals surface area contributed by atoms with E-state index in [1.807, 2.05) is 6.07 Å². The van der Waals surface area contributed by atoms with E-state index < -0.39 is 6.10 Å². The van der Waals surface area contributed by atoms with Gasteiger partial charge >= 0.3 is 0 Å². The van der Waals surface area contributed by atoms with Gasteiger partial charge in [0.05, 0.1) is 23.5 Å². The van der Waals surface area contributed by atoms with Crippen molar-refractivity contribution in [1.29, 1.82) is 0 Å². The average Bonchev–Trinajstić information content (AvgIpc) is 2.58. The van der Waals surface area contributed by atoms with Crippen molar-refractivity contribution in [3.05, 3.63) is 51.4 Å². The Bertz CT molecular complexity index is 705. The van der Waals surface area contributed by atoms with Gasteiger partial charge in [-0.2, -0.15) is 0 Å². The van der Waals surface area contributed by atoms with E-state index in [-0.39, 0.29) is 6.04 Å². The molecule has 1 aromatic carbocycles. The number of benzene rings is 1. The van der Waals surface area contributed by atoms with Crippen LogP contribution in [0.4, 0.5) is 5.82 Å². The predicted octanol–water partition coefficient (Wildman–Crippen LogP) is 3.82. The minimum Gasteiger partial charge on any atom is -0.391 e. The third-order valence-electron chi connectivity index (χ3n) is 4.44. The van der Waals surface area contributed by atoms with Gasteiger partial charge in [0.15, 0.2) is 0 Å². The minimum atomic E-state index is -0.412. The molecule has 0 aliphatic heterocycles. The van der Waals surface area contributed by atoms with Crippen LogP contribution in [0.2, 0.25) is 0 Å². The third-order valence-corrected chi connectivity index (χ3v) is 5.07. The summed E-state index contributed by atoms with van der Waals surface area (Å²) in [6.45, 7) is 4.13. The predicted molar refractivity (Wildman–Crippen MR) is 95.6 cm³/mol. The van der Waals surface area contributed by atoms with Crippen LogP contribution in [-0.4, -0.2) is 21.2 Å². The quantitative estimate of drug-likeness (QED) is 0.852. The van der Waals surface area contributed by atoms with E-state index in [2.05, 4.69) is 58.3 Å². The molecule has 1 aromatic heterocycles. The standard InChI is InChI=1S/C18H22BrN3O/c1-3-13-17(19)20-14(4-2)18(21-13)22-16-12-8-6-5-7-11(12)9-10-15(16)23/h5-8,15-16,23H,3-4,9-10H2,1-2H3,(H,21,22)/t15-,16-/m0/s1. The summed E-state index contributed by atoms with van der Waals surface area (Å²) in [5, 5.41) is 14.0. The summed E-state index contributed by atoms with van der Waals surface area (Å²) in [5.41, 5.74) is 4.32. The summed E-state index contributed by atoms with van der Waals surface area (Å²) in [6.07, 6.45) is 2.88. The molecule has 2 N–H and O–H groups in total. The first-order valence-electron chi connectivity index (χ1n) is 8.21. The number of aryl methyl sites for hydroxylation is 3. The number of fused-ring (bicyclic) bond motifs is 1. The number of rotatable bonds is 4. The Morgan fingerprint density at radius 3 is 2.65 bits per heavy atom. The van der Waals surface area contributed by atoms with Gasteiger partial charge < -0.3 is 10.4 Å². The summed E-state index contributed by atoms with van der Waals surface area (Å²) < 4.78 is 0.812. The molecule has 2 atom stereocenters. The van der Waals surface area contributed by atoms with Gasteiger partial charge in [-0.15, -0.1) is 0 Å². The van der Waals surface area contributed by atoms with Crippen LogP contribution in [0, 0.1) is 0 Å². The van der Waals surface area contributed by atoms with Crippen LogP contribution in [-0.2, 0) is 19.3 Å². The van der Waals surface area contributed by atoms with Crippen molar-refractivity contribution in [2.75, 3.05) is 5.32 Å². The van der Waals surface area contributed by atoms with E-state index in [4.69, 9.17) is 4.98 Å². The highest BCUT2D eigenvalue weighted by molar-refractivity contribution is 9.10. The molecule has 0 radical (unpaired) electrons.